The molecule has 4 aliphatic carbocycles. The van der Waals surface area contributed by atoms with E-state index in [1.165, 1.54) is 42.5 Å². The first-order chi connectivity index (χ1) is 18.2. The van der Waals surface area contributed by atoms with Crippen LogP contribution in [0.4, 0.5) is 5.69 Å². The van der Waals surface area contributed by atoms with Crippen LogP contribution in [0.1, 0.15) is 89.3 Å². The van der Waals surface area contributed by atoms with Gasteiger partial charge in [-0.25, -0.2) is 4.68 Å². The SMILES string of the molecule is CCNCc1cn(-c2ccc([N+](=O)[O-])cc2)nc1[C@H]1CC[C@H]2[C@@H]3CC=C4C[C@@H](O)CC[C@]4(C)[C@H]3CC[C@]12C. The Morgan fingerprint density at radius 3 is 2.66 bits per heavy atom. The highest BCUT2D eigenvalue weighted by molar-refractivity contribution is 5.42. The minimum Gasteiger partial charge on any atom is -0.393 e. The van der Waals surface area contributed by atoms with Crippen molar-refractivity contribution in [1.29, 1.82) is 0 Å². The van der Waals surface area contributed by atoms with Gasteiger partial charge in [0.05, 0.1) is 22.4 Å². The number of benzene rings is 1. The number of nitro benzene ring substituents is 1. The van der Waals surface area contributed by atoms with Crippen LogP contribution in [0.5, 0.6) is 0 Å². The Hall–Kier alpha value is -2.51. The predicted octanol–water partition coefficient (Wildman–Crippen LogP) is 6.30. The summed E-state index contributed by atoms with van der Waals surface area (Å²) >= 11 is 0. The summed E-state index contributed by atoms with van der Waals surface area (Å²) in [4.78, 5) is 10.8. The van der Waals surface area contributed by atoms with Crippen molar-refractivity contribution in [3.8, 4) is 5.69 Å². The van der Waals surface area contributed by atoms with Gasteiger partial charge in [-0.2, -0.15) is 5.10 Å². The zero-order valence-electron chi connectivity index (χ0n) is 23.0. The molecule has 1 heterocycles. The number of allylic oxidation sites excluding steroid dienone is 1. The van der Waals surface area contributed by atoms with Crippen LogP contribution in [0.15, 0.2) is 42.1 Å². The second kappa shape index (κ2) is 9.60. The Labute approximate surface area is 225 Å². The van der Waals surface area contributed by atoms with Crippen molar-refractivity contribution >= 4 is 5.69 Å². The van der Waals surface area contributed by atoms with Gasteiger partial charge in [0.25, 0.3) is 5.69 Å². The second-order valence-electron chi connectivity index (χ2n) is 12.9. The number of nitro groups is 1. The van der Waals surface area contributed by atoms with Gasteiger partial charge in [0.2, 0.25) is 0 Å². The number of nitrogens with zero attached hydrogens (tertiary/aromatic N) is 3. The van der Waals surface area contributed by atoms with E-state index in [1.54, 1.807) is 24.3 Å². The molecule has 0 unspecified atom stereocenters. The molecule has 0 amide bonds. The van der Waals surface area contributed by atoms with Crippen LogP contribution in [0, 0.1) is 38.7 Å². The maximum Gasteiger partial charge on any atom is 0.269 e. The van der Waals surface area contributed by atoms with Crippen LogP contribution in [0.25, 0.3) is 5.69 Å². The second-order valence-corrected chi connectivity index (χ2v) is 12.9. The average Bonchev–Trinajstić information content (AvgIpc) is 3.48. The minimum atomic E-state index is -0.357. The Morgan fingerprint density at radius 2 is 1.92 bits per heavy atom. The normalized spacial score (nSPS) is 36.2. The molecule has 7 heteroatoms. The Morgan fingerprint density at radius 1 is 1.13 bits per heavy atom. The zero-order valence-corrected chi connectivity index (χ0v) is 23.0. The molecular weight excluding hydrogens is 476 g/mol. The van der Waals surface area contributed by atoms with Crippen molar-refractivity contribution in [2.75, 3.05) is 6.54 Å². The van der Waals surface area contributed by atoms with Gasteiger partial charge < -0.3 is 10.4 Å². The van der Waals surface area contributed by atoms with Crippen molar-refractivity contribution in [1.82, 2.24) is 15.1 Å². The molecule has 1 aromatic carbocycles. The number of hydrogen-bond acceptors (Lipinski definition) is 5. The summed E-state index contributed by atoms with van der Waals surface area (Å²) < 4.78 is 1.93. The minimum absolute atomic E-state index is 0.0998. The molecule has 204 valence electrons. The van der Waals surface area contributed by atoms with Gasteiger partial charge in [-0.1, -0.05) is 32.4 Å². The van der Waals surface area contributed by atoms with E-state index in [0.717, 1.165) is 56.3 Å². The van der Waals surface area contributed by atoms with Gasteiger partial charge in [-0.15, -0.1) is 0 Å². The van der Waals surface area contributed by atoms with Crippen LogP contribution in [0.3, 0.4) is 0 Å². The number of fused-ring (bicyclic) bond motifs is 5. The largest absolute Gasteiger partial charge is 0.393 e. The van der Waals surface area contributed by atoms with E-state index in [1.807, 2.05) is 4.68 Å². The number of aliphatic hydroxyl groups is 1. The molecule has 6 rings (SSSR count). The third-order valence-corrected chi connectivity index (χ3v) is 11.1. The van der Waals surface area contributed by atoms with Gasteiger partial charge >= 0.3 is 0 Å². The lowest BCUT2D eigenvalue weighted by molar-refractivity contribution is -0.384. The fourth-order valence-electron chi connectivity index (χ4n) is 9.06. The first-order valence-electron chi connectivity index (χ1n) is 14.7. The molecule has 0 radical (unpaired) electrons. The number of aliphatic hydroxyl groups excluding tert-OH is 1. The maximum absolute atomic E-state index is 11.1. The van der Waals surface area contributed by atoms with Crippen molar-refractivity contribution in [3.05, 3.63) is 63.5 Å². The third-order valence-electron chi connectivity index (χ3n) is 11.1. The van der Waals surface area contributed by atoms with E-state index < -0.39 is 0 Å². The molecule has 0 spiro atoms. The molecule has 1 aromatic heterocycles. The van der Waals surface area contributed by atoms with Gasteiger partial charge in [0.15, 0.2) is 0 Å². The van der Waals surface area contributed by atoms with E-state index in [4.69, 9.17) is 5.10 Å². The smallest absolute Gasteiger partial charge is 0.269 e. The molecular formula is C31H42N4O3. The number of aromatic nitrogens is 2. The molecule has 4 aliphatic rings. The Kier molecular flexibility index (Phi) is 6.50. The van der Waals surface area contributed by atoms with E-state index in [-0.39, 0.29) is 27.5 Å². The van der Waals surface area contributed by atoms with E-state index in [0.29, 0.717) is 11.8 Å². The highest BCUT2D eigenvalue weighted by atomic mass is 16.6. The van der Waals surface area contributed by atoms with Crippen LogP contribution >= 0.6 is 0 Å². The van der Waals surface area contributed by atoms with Crippen molar-refractivity contribution in [2.24, 2.45) is 28.6 Å². The molecule has 2 aromatic rings. The molecule has 38 heavy (non-hydrogen) atoms. The van der Waals surface area contributed by atoms with E-state index in [2.05, 4.69) is 38.4 Å². The fraction of sp³-hybridized carbons (Fsp3) is 0.645. The van der Waals surface area contributed by atoms with Gasteiger partial charge in [0.1, 0.15) is 0 Å². The van der Waals surface area contributed by atoms with Crippen LogP contribution < -0.4 is 5.32 Å². The molecule has 7 nitrogen and oxygen atoms in total. The highest BCUT2D eigenvalue weighted by Crippen LogP contribution is 2.68. The first kappa shape index (κ1) is 25.8. The Bertz CT molecular complexity index is 1240. The first-order valence-corrected chi connectivity index (χ1v) is 14.7. The summed E-state index contributed by atoms with van der Waals surface area (Å²) in [7, 11) is 0. The standard InChI is InChI=1S/C31H42N4O3/c1-4-32-18-20-19-34(22-6-8-23(9-7-22)35(37)38)33-29(20)28-12-11-26-25-10-5-21-17-24(36)13-15-30(21,2)27(25)14-16-31(26,28)3/h5-9,19,24-28,32,36H,4,10-18H2,1-3H3/t24-,25-,26-,27-,28+,30-,31-/m0/s1. The summed E-state index contributed by atoms with van der Waals surface area (Å²) in [6, 6.07) is 6.71. The topological polar surface area (TPSA) is 93.2 Å². The monoisotopic (exact) mass is 518 g/mol. The summed E-state index contributed by atoms with van der Waals surface area (Å²) in [6.07, 6.45) is 13.5. The van der Waals surface area contributed by atoms with Crippen molar-refractivity contribution in [3.63, 3.8) is 0 Å². The lowest BCUT2D eigenvalue weighted by Gasteiger charge is -2.58. The Balaban J connectivity index is 1.31. The summed E-state index contributed by atoms with van der Waals surface area (Å²) in [5.74, 6) is 2.57. The summed E-state index contributed by atoms with van der Waals surface area (Å²) in [5.41, 5.74) is 5.45. The molecule has 7 atom stereocenters. The number of non-ortho nitro benzene ring substituents is 1. The molecule has 3 saturated carbocycles. The predicted molar refractivity (Wildman–Crippen MR) is 148 cm³/mol. The van der Waals surface area contributed by atoms with E-state index in [9.17, 15) is 15.2 Å². The fourth-order valence-corrected chi connectivity index (χ4v) is 9.06. The third kappa shape index (κ3) is 4.04. The van der Waals surface area contributed by atoms with Crippen molar-refractivity contribution < 1.29 is 10.0 Å². The molecule has 0 bridgehead atoms. The maximum atomic E-state index is 11.1. The summed E-state index contributed by atoms with van der Waals surface area (Å²) in [6.45, 7) is 8.86. The lowest BCUT2D eigenvalue weighted by Crippen LogP contribution is -2.50. The molecule has 0 aliphatic heterocycles. The highest BCUT2D eigenvalue weighted by Gasteiger charge is 2.59. The van der Waals surface area contributed by atoms with Crippen LogP contribution in [0.2, 0.25) is 0 Å². The molecule has 0 saturated heterocycles. The van der Waals surface area contributed by atoms with Crippen molar-refractivity contribution in [2.45, 2.75) is 90.7 Å². The number of nitrogens with one attached hydrogen (secondary N) is 1. The van der Waals surface area contributed by atoms with E-state index >= 15 is 0 Å². The number of hydrogen-bond donors (Lipinski definition) is 2. The average molecular weight is 519 g/mol. The lowest BCUT2D eigenvalue weighted by atomic mass is 9.47. The molecule has 3 fully saturated rings. The van der Waals surface area contributed by atoms with Gasteiger partial charge in [0, 0.05) is 36.4 Å². The van der Waals surface area contributed by atoms with Gasteiger partial charge in [-0.3, -0.25) is 10.1 Å². The zero-order chi connectivity index (χ0) is 26.7. The van der Waals surface area contributed by atoms with Crippen LogP contribution in [-0.4, -0.2) is 32.5 Å². The number of rotatable bonds is 6. The van der Waals surface area contributed by atoms with Gasteiger partial charge in [-0.05, 0) is 98.6 Å². The summed E-state index contributed by atoms with van der Waals surface area (Å²) in [5, 5.41) is 30.2. The quantitative estimate of drug-likeness (QED) is 0.266. The molecule has 2 N–H and O–H groups in total. The van der Waals surface area contributed by atoms with Crippen LogP contribution in [-0.2, 0) is 6.54 Å².